The lowest BCUT2D eigenvalue weighted by atomic mass is 9.83. The molecule has 114 valence electrons. The third-order valence-electron chi connectivity index (χ3n) is 3.78. The van der Waals surface area contributed by atoms with Gasteiger partial charge in [-0.25, -0.2) is 4.98 Å². The molecule has 0 spiro atoms. The van der Waals surface area contributed by atoms with Gasteiger partial charge in [-0.2, -0.15) is 0 Å². The summed E-state index contributed by atoms with van der Waals surface area (Å²) in [6.07, 6.45) is 1.53. The number of hydrogen-bond donors (Lipinski definition) is 2. The van der Waals surface area contributed by atoms with Gasteiger partial charge in [-0.1, -0.05) is 60.5 Å². The Balaban J connectivity index is 2.34. The SMILES string of the molecule is CC(C)C(O)(c1c[nH]nn1)c1nc2ccccc2c(Cl)c1Cl. The normalized spacial score (nSPS) is 14.5. The predicted octanol–water partition coefficient (Wildman–Crippen LogP) is 3.55. The molecule has 3 rings (SSSR count). The van der Waals surface area contributed by atoms with Crippen LogP contribution in [0.1, 0.15) is 25.2 Å². The van der Waals surface area contributed by atoms with E-state index in [1.807, 2.05) is 38.1 Å². The number of nitrogens with one attached hydrogen (secondary N) is 1. The van der Waals surface area contributed by atoms with E-state index in [9.17, 15) is 5.11 Å². The predicted molar refractivity (Wildman–Crippen MR) is 86.0 cm³/mol. The van der Waals surface area contributed by atoms with Gasteiger partial charge in [-0.3, -0.25) is 5.10 Å². The maximum absolute atomic E-state index is 11.3. The second kappa shape index (κ2) is 5.50. The summed E-state index contributed by atoms with van der Waals surface area (Å²) in [5, 5.41) is 22.8. The Labute approximate surface area is 137 Å². The number of benzene rings is 1. The van der Waals surface area contributed by atoms with Crippen molar-refractivity contribution in [3.63, 3.8) is 0 Å². The van der Waals surface area contributed by atoms with Crippen molar-refractivity contribution in [1.82, 2.24) is 20.4 Å². The molecule has 1 unspecified atom stereocenters. The van der Waals surface area contributed by atoms with E-state index in [2.05, 4.69) is 20.4 Å². The first-order chi connectivity index (χ1) is 10.5. The van der Waals surface area contributed by atoms with E-state index in [-0.39, 0.29) is 16.6 Å². The molecular formula is C15H14Cl2N4O. The quantitative estimate of drug-likeness (QED) is 0.766. The molecule has 2 aromatic heterocycles. The van der Waals surface area contributed by atoms with Crippen LogP contribution in [0.2, 0.25) is 10.0 Å². The van der Waals surface area contributed by atoms with Crippen LogP contribution in [-0.4, -0.2) is 25.5 Å². The summed E-state index contributed by atoms with van der Waals surface area (Å²) in [6.45, 7) is 3.71. The number of halogens is 2. The number of aromatic amines is 1. The fourth-order valence-corrected chi connectivity index (χ4v) is 3.02. The topological polar surface area (TPSA) is 74.7 Å². The fourth-order valence-electron chi connectivity index (χ4n) is 2.48. The summed E-state index contributed by atoms with van der Waals surface area (Å²) in [7, 11) is 0. The van der Waals surface area contributed by atoms with E-state index in [0.29, 0.717) is 16.2 Å². The maximum atomic E-state index is 11.3. The average molecular weight is 337 g/mol. The summed E-state index contributed by atoms with van der Waals surface area (Å²) < 4.78 is 0. The molecular weight excluding hydrogens is 323 g/mol. The lowest BCUT2D eigenvalue weighted by Gasteiger charge is -2.30. The van der Waals surface area contributed by atoms with Gasteiger partial charge in [0.05, 0.1) is 21.3 Å². The molecule has 22 heavy (non-hydrogen) atoms. The van der Waals surface area contributed by atoms with Crippen molar-refractivity contribution < 1.29 is 5.11 Å². The van der Waals surface area contributed by atoms with Gasteiger partial charge in [0, 0.05) is 11.6 Å². The first kappa shape index (κ1) is 15.2. The van der Waals surface area contributed by atoms with Crippen LogP contribution in [-0.2, 0) is 5.60 Å². The van der Waals surface area contributed by atoms with Crippen molar-refractivity contribution in [2.75, 3.05) is 0 Å². The van der Waals surface area contributed by atoms with Crippen LogP contribution in [0.5, 0.6) is 0 Å². The Hall–Kier alpha value is -1.69. The average Bonchev–Trinajstić information content (AvgIpc) is 3.04. The van der Waals surface area contributed by atoms with Gasteiger partial charge in [0.15, 0.2) is 5.60 Å². The molecule has 7 heteroatoms. The molecule has 1 aromatic carbocycles. The van der Waals surface area contributed by atoms with Gasteiger partial charge in [0.25, 0.3) is 0 Å². The molecule has 0 fully saturated rings. The first-order valence-corrected chi connectivity index (χ1v) is 7.55. The molecule has 0 bridgehead atoms. The minimum Gasteiger partial charge on any atom is -0.377 e. The molecule has 0 saturated carbocycles. The number of para-hydroxylation sites is 1. The lowest BCUT2D eigenvalue weighted by molar-refractivity contribution is 0.0237. The number of nitrogens with zero attached hydrogens (tertiary/aromatic N) is 3. The van der Waals surface area contributed by atoms with Crippen molar-refractivity contribution in [3.05, 3.63) is 51.9 Å². The van der Waals surface area contributed by atoms with Crippen LogP contribution < -0.4 is 0 Å². The molecule has 0 saturated heterocycles. The standard InChI is InChI=1S/C15H14Cl2N4O/c1-8(2)15(22,11-7-18-21-20-11)14-13(17)12(16)9-5-3-4-6-10(9)19-14/h3-8,22H,1-2H3,(H,18,20,21). The highest BCUT2D eigenvalue weighted by atomic mass is 35.5. The van der Waals surface area contributed by atoms with Gasteiger partial charge >= 0.3 is 0 Å². The zero-order chi connectivity index (χ0) is 15.9. The molecule has 2 heterocycles. The number of aromatic nitrogens is 4. The van der Waals surface area contributed by atoms with Gasteiger partial charge in [-0.05, 0) is 12.0 Å². The Bertz CT molecular complexity index is 820. The highest BCUT2D eigenvalue weighted by Gasteiger charge is 2.41. The van der Waals surface area contributed by atoms with Crippen LogP contribution >= 0.6 is 23.2 Å². The number of rotatable bonds is 3. The molecule has 0 aliphatic rings. The Kier molecular flexibility index (Phi) is 3.80. The number of pyridine rings is 1. The van der Waals surface area contributed by atoms with Crippen LogP contribution in [0.25, 0.3) is 10.9 Å². The van der Waals surface area contributed by atoms with Crippen LogP contribution in [0, 0.1) is 5.92 Å². The minimum atomic E-state index is -1.49. The molecule has 1 atom stereocenters. The second-order valence-electron chi connectivity index (χ2n) is 5.39. The highest BCUT2D eigenvalue weighted by molar-refractivity contribution is 6.45. The van der Waals surface area contributed by atoms with E-state index in [1.54, 1.807) is 0 Å². The summed E-state index contributed by atoms with van der Waals surface area (Å²) in [5.74, 6) is -0.236. The number of H-pyrrole nitrogens is 1. The third-order valence-corrected chi connectivity index (χ3v) is 4.63. The van der Waals surface area contributed by atoms with Crippen molar-refractivity contribution in [2.45, 2.75) is 19.4 Å². The van der Waals surface area contributed by atoms with E-state index in [4.69, 9.17) is 23.2 Å². The Morgan fingerprint density at radius 1 is 1.18 bits per heavy atom. The lowest BCUT2D eigenvalue weighted by Crippen LogP contribution is -2.35. The molecule has 0 radical (unpaired) electrons. The summed E-state index contributed by atoms with van der Waals surface area (Å²) in [6, 6.07) is 7.38. The molecule has 0 aliphatic heterocycles. The van der Waals surface area contributed by atoms with Crippen molar-refractivity contribution in [3.8, 4) is 0 Å². The van der Waals surface area contributed by atoms with E-state index >= 15 is 0 Å². The molecule has 2 N–H and O–H groups in total. The Morgan fingerprint density at radius 2 is 1.91 bits per heavy atom. The summed E-state index contributed by atoms with van der Waals surface area (Å²) in [4.78, 5) is 4.54. The van der Waals surface area contributed by atoms with Crippen LogP contribution in [0.3, 0.4) is 0 Å². The molecule has 0 amide bonds. The number of hydrogen-bond acceptors (Lipinski definition) is 4. The highest BCUT2D eigenvalue weighted by Crippen LogP contribution is 2.42. The monoisotopic (exact) mass is 336 g/mol. The molecule has 3 aromatic rings. The zero-order valence-corrected chi connectivity index (χ0v) is 13.5. The van der Waals surface area contributed by atoms with Crippen LogP contribution in [0.15, 0.2) is 30.5 Å². The minimum absolute atomic E-state index is 0.222. The molecule has 5 nitrogen and oxygen atoms in total. The Morgan fingerprint density at radius 3 is 2.55 bits per heavy atom. The van der Waals surface area contributed by atoms with E-state index < -0.39 is 5.60 Å². The number of aliphatic hydroxyl groups is 1. The third kappa shape index (κ3) is 2.17. The maximum Gasteiger partial charge on any atom is 0.155 e. The molecule has 0 aliphatic carbocycles. The van der Waals surface area contributed by atoms with Gasteiger partial charge < -0.3 is 5.11 Å². The van der Waals surface area contributed by atoms with Crippen molar-refractivity contribution in [2.24, 2.45) is 5.92 Å². The van der Waals surface area contributed by atoms with Gasteiger partial charge in [0.2, 0.25) is 0 Å². The van der Waals surface area contributed by atoms with E-state index in [1.165, 1.54) is 6.20 Å². The van der Waals surface area contributed by atoms with Crippen LogP contribution in [0.4, 0.5) is 0 Å². The summed E-state index contributed by atoms with van der Waals surface area (Å²) >= 11 is 12.8. The van der Waals surface area contributed by atoms with E-state index in [0.717, 1.165) is 5.39 Å². The zero-order valence-electron chi connectivity index (χ0n) is 12.0. The first-order valence-electron chi connectivity index (χ1n) is 6.79. The van der Waals surface area contributed by atoms with Crippen molar-refractivity contribution in [1.29, 1.82) is 0 Å². The van der Waals surface area contributed by atoms with Crippen molar-refractivity contribution >= 4 is 34.1 Å². The van der Waals surface area contributed by atoms with Gasteiger partial charge in [-0.15, -0.1) is 5.10 Å². The fraction of sp³-hybridized carbons (Fsp3) is 0.267. The summed E-state index contributed by atoms with van der Waals surface area (Å²) in [5.41, 5.74) is -0.197. The van der Waals surface area contributed by atoms with Gasteiger partial charge in [0.1, 0.15) is 5.69 Å². The smallest absolute Gasteiger partial charge is 0.155 e. The number of fused-ring (bicyclic) bond motifs is 1. The largest absolute Gasteiger partial charge is 0.377 e. The second-order valence-corrected chi connectivity index (χ2v) is 6.14.